The van der Waals surface area contributed by atoms with Crippen molar-refractivity contribution in [1.82, 2.24) is 0 Å². The summed E-state index contributed by atoms with van der Waals surface area (Å²) in [6.07, 6.45) is 0. The predicted octanol–water partition coefficient (Wildman–Crippen LogP) is 1.14. The van der Waals surface area contributed by atoms with Crippen molar-refractivity contribution in [3.63, 3.8) is 0 Å². The van der Waals surface area contributed by atoms with Crippen molar-refractivity contribution in [2.24, 2.45) is 0 Å². The maximum Gasteiger partial charge on any atom is 0.335 e. The Balaban J connectivity index is 2.90. The van der Waals surface area contributed by atoms with E-state index in [9.17, 15) is 23.3 Å². The van der Waals surface area contributed by atoms with Gasteiger partial charge in [0.1, 0.15) is 5.69 Å². The van der Waals surface area contributed by atoms with Crippen LogP contribution in [0.3, 0.4) is 0 Å². The van der Waals surface area contributed by atoms with E-state index in [1.165, 1.54) is 19.1 Å². The van der Waals surface area contributed by atoms with E-state index in [1.807, 2.05) is 0 Å². The summed E-state index contributed by atoms with van der Waals surface area (Å²) in [5, 5.41) is 22.3. The van der Waals surface area contributed by atoms with Gasteiger partial charge in [-0.05, 0) is 12.1 Å². The third-order valence-corrected chi connectivity index (χ3v) is 4.32. The predicted molar refractivity (Wildman–Crippen MR) is 72.9 cm³/mol. The highest BCUT2D eigenvalue weighted by Crippen LogP contribution is 2.25. The number of carboxylic acids is 1. The SMILES string of the molecule is CCS(=O)(=O)CCNc1ccc(C(=O)O)cc1[N+](=O)[O-]. The highest BCUT2D eigenvalue weighted by molar-refractivity contribution is 7.91. The number of carbonyl (C=O) groups is 1. The third-order valence-electron chi connectivity index (χ3n) is 2.61. The molecule has 20 heavy (non-hydrogen) atoms. The Morgan fingerprint density at radius 3 is 2.60 bits per heavy atom. The Labute approximate surface area is 115 Å². The van der Waals surface area contributed by atoms with Gasteiger partial charge in [0.25, 0.3) is 5.69 Å². The van der Waals surface area contributed by atoms with E-state index in [4.69, 9.17) is 5.11 Å². The standard InChI is InChI=1S/C11H14N2O6S/c1-2-20(18,19)6-5-12-9-4-3-8(11(14)15)7-10(9)13(16)17/h3-4,7,12H,2,5-6H2,1H3,(H,14,15). The molecule has 0 aliphatic rings. The number of aromatic carboxylic acids is 1. The van der Waals surface area contributed by atoms with Crippen molar-refractivity contribution in [1.29, 1.82) is 0 Å². The van der Waals surface area contributed by atoms with Gasteiger partial charge in [-0.1, -0.05) is 6.92 Å². The Morgan fingerprint density at radius 1 is 1.45 bits per heavy atom. The first-order chi connectivity index (χ1) is 9.26. The van der Waals surface area contributed by atoms with Crippen LogP contribution < -0.4 is 5.32 Å². The van der Waals surface area contributed by atoms with E-state index >= 15 is 0 Å². The maximum atomic E-state index is 11.3. The summed E-state index contributed by atoms with van der Waals surface area (Å²) in [7, 11) is -3.17. The molecule has 9 heteroatoms. The second-order valence-electron chi connectivity index (χ2n) is 3.96. The number of anilines is 1. The van der Waals surface area contributed by atoms with Crippen LogP contribution in [-0.4, -0.2) is 42.5 Å². The molecule has 8 nitrogen and oxygen atoms in total. The van der Waals surface area contributed by atoms with Crippen molar-refractivity contribution in [2.75, 3.05) is 23.4 Å². The van der Waals surface area contributed by atoms with Gasteiger partial charge in [0.2, 0.25) is 0 Å². The van der Waals surface area contributed by atoms with Crippen LogP contribution in [0.4, 0.5) is 11.4 Å². The zero-order chi connectivity index (χ0) is 15.3. The fourth-order valence-electron chi connectivity index (χ4n) is 1.45. The van der Waals surface area contributed by atoms with Crippen molar-refractivity contribution >= 4 is 27.2 Å². The molecule has 110 valence electrons. The number of hydrogen-bond acceptors (Lipinski definition) is 6. The first-order valence-corrected chi connectivity index (χ1v) is 7.55. The third kappa shape index (κ3) is 4.19. The van der Waals surface area contributed by atoms with Crippen molar-refractivity contribution in [2.45, 2.75) is 6.92 Å². The molecule has 0 heterocycles. The van der Waals surface area contributed by atoms with Crippen LogP contribution in [0.1, 0.15) is 17.3 Å². The summed E-state index contributed by atoms with van der Waals surface area (Å²) in [4.78, 5) is 20.9. The molecule has 0 aliphatic carbocycles. The molecule has 0 saturated carbocycles. The van der Waals surface area contributed by atoms with Crippen LogP contribution in [0.2, 0.25) is 0 Å². The van der Waals surface area contributed by atoms with Crippen LogP contribution >= 0.6 is 0 Å². The minimum absolute atomic E-state index is 0.00523. The fourth-order valence-corrected chi connectivity index (χ4v) is 2.15. The smallest absolute Gasteiger partial charge is 0.335 e. The van der Waals surface area contributed by atoms with Crippen LogP contribution in [0.15, 0.2) is 18.2 Å². The lowest BCUT2D eigenvalue weighted by Crippen LogP contribution is -2.17. The Kier molecular flexibility index (Phi) is 5.03. The number of nitro groups is 1. The van der Waals surface area contributed by atoms with Crippen molar-refractivity contribution in [3.05, 3.63) is 33.9 Å². The van der Waals surface area contributed by atoms with Crippen LogP contribution in [-0.2, 0) is 9.84 Å². The zero-order valence-electron chi connectivity index (χ0n) is 10.7. The molecule has 2 N–H and O–H groups in total. The molecule has 0 saturated heterocycles. The largest absolute Gasteiger partial charge is 0.478 e. The summed E-state index contributed by atoms with van der Waals surface area (Å²) in [6.45, 7) is 1.53. The van der Waals surface area contributed by atoms with E-state index in [1.54, 1.807) is 0 Å². The number of rotatable bonds is 7. The summed E-state index contributed by atoms with van der Waals surface area (Å²) in [6, 6.07) is 3.39. The van der Waals surface area contributed by atoms with Gasteiger partial charge in [-0.15, -0.1) is 0 Å². The first kappa shape index (κ1) is 15.9. The van der Waals surface area contributed by atoms with Crippen molar-refractivity contribution < 1.29 is 23.2 Å². The molecule has 1 aromatic rings. The molecule has 0 fully saturated rings. The Hall–Kier alpha value is -2.16. The zero-order valence-corrected chi connectivity index (χ0v) is 11.5. The average molecular weight is 302 g/mol. The fraction of sp³-hybridized carbons (Fsp3) is 0.364. The topological polar surface area (TPSA) is 127 Å². The van der Waals surface area contributed by atoms with E-state index < -0.39 is 26.4 Å². The molecule has 0 aliphatic heterocycles. The number of sulfone groups is 1. The number of benzene rings is 1. The molecule has 0 amide bonds. The maximum absolute atomic E-state index is 11.3. The van der Waals surface area contributed by atoms with Gasteiger partial charge in [-0.2, -0.15) is 0 Å². The van der Waals surface area contributed by atoms with Crippen LogP contribution in [0.25, 0.3) is 0 Å². The summed E-state index contributed by atoms with van der Waals surface area (Å²) >= 11 is 0. The second-order valence-corrected chi connectivity index (χ2v) is 6.43. The lowest BCUT2D eigenvalue weighted by atomic mass is 10.1. The molecular formula is C11H14N2O6S. The summed E-state index contributed by atoms with van der Waals surface area (Å²) in [5.74, 6) is -1.43. The van der Waals surface area contributed by atoms with Crippen molar-refractivity contribution in [3.8, 4) is 0 Å². The number of hydrogen-bond donors (Lipinski definition) is 2. The average Bonchev–Trinajstić information content (AvgIpc) is 2.38. The van der Waals surface area contributed by atoms with Gasteiger partial charge < -0.3 is 10.4 Å². The minimum Gasteiger partial charge on any atom is -0.478 e. The summed E-state index contributed by atoms with van der Waals surface area (Å²) in [5.41, 5.74) is -0.520. The lowest BCUT2D eigenvalue weighted by Gasteiger charge is -2.07. The normalized spacial score (nSPS) is 11.1. The van der Waals surface area contributed by atoms with E-state index in [-0.39, 0.29) is 29.3 Å². The van der Waals surface area contributed by atoms with Crippen LogP contribution in [0, 0.1) is 10.1 Å². The monoisotopic (exact) mass is 302 g/mol. The van der Waals surface area contributed by atoms with Crippen LogP contribution in [0.5, 0.6) is 0 Å². The number of carboxylic acid groups (broad SMARTS) is 1. The molecule has 0 unspecified atom stereocenters. The van der Waals surface area contributed by atoms with Gasteiger partial charge >= 0.3 is 5.97 Å². The van der Waals surface area contributed by atoms with Gasteiger partial charge in [0.15, 0.2) is 9.84 Å². The minimum atomic E-state index is -3.17. The van der Waals surface area contributed by atoms with E-state index in [0.29, 0.717) is 0 Å². The second kappa shape index (κ2) is 6.33. The first-order valence-electron chi connectivity index (χ1n) is 5.73. The number of nitrogens with zero attached hydrogens (tertiary/aromatic N) is 1. The molecule has 0 atom stereocenters. The molecule has 1 rings (SSSR count). The van der Waals surface area contributed by atoms with E-state index in [2.05, 4.69) is 5.32 Å². The molecule has 0 aromatic heterocycles. The van der Waals surface area contributed by atoms with Gasteiger partial charge in [0.05, 0.1) is 16.2 Å². The van der Waals surface area contributed by atoms with Gasteiger partial charge in [-0.25, -0.2) is 13.2 Å². The molecule has 0 bridgehead atoms. The molecular weight excluding hydrogens is 288 g/mol. The molecule has 0 spiro atoms. The Bertz CT molecular complexity index is 626. The number of nitro benzene ring substituents is 1. The Morgan fingerprint density at radius 2 is 2.10 bits per heavy atom. The quantitative estimate of drug-likeness (QED) is 0.571. The highest BCUT2D eigenvalue weighted by Gasteiger charge is 2.17. The van der Waals surface area contributed by atoms with Gasteiger partial charge in [0, 0.05) is 18.4 Å². The summed E-state index contributed by atoms with van der Waals surface area (Å²) < 4.78 is 22.6. The van der Waals surface area contributed by atoms with Gasteiger partial charge in [-0.3, -0.25) is 10.1 Å². The number of nitrogens with one attached hydrogen (secondary N) is 1. The molecule has 1 aromatic carbocycles. The highest BCUT2D eigenvalue weighted by atomic mass is 32.2. The van der Waals surface area contributed by atoms with E-state index in [0.717, 1.165) is 6.07 Å². The molecule has 0 radical (unpaired) electrons. The lowest BCUT2D eigenvalue weighted by molar-refractivity contribution is -0.384.